The lowest BCUT2D eigenvalue weighted by atomic mass is 9.87. The van der Waals surface area contributed by atoms with Crippen molar-refractivity contribution in [2.24, 2.45) is 16.8 Å². The zero-order valence-electron chi connectivity index (χ0n) is 14.8. The third kappa shape index (κ3) is 6.60. The van der Waals surface area contributed by atoms with Gasteiger partial charge in [-0.2, -0.15) is 0 Å². The SMILES string of the molecule is CCNC(=NCC(C1CC1)N(C)C)NC1CCC(C)CC1.I. The molecule has 0 aromatic rings. The average Bonchev–Trinajstić information content (AvgIpc) is 3.26. The van der Waals surface area contributed by atoms with E-state index in [1.807, 2.05) is 0 Å². The van der Waals surface area contributed by atoms with Gasteiger partial charge in [0.1, 0.15) is 0 Å². The van der Waals surface area contributed by atoms with Crippen LogP contribution in [0, 0.1) is 11.8 Å². The third-order valence-corrected chi connectivity index (χ3v) is 4.97. The molecule has 1 atom stereocenters. The second kappa shape index (κ2) is 9.96. The molecule has 0 spiro atoms. The summed E-state index contributed by atoms with van der Waals surface area (Å²) < 4.78 is 0. The largest absolute Gasteiger partial charge is 0.357 e. The first kappa shape index (κ1) is 20.0. The van der Waals surface area contributed by atoms with Crippen LogP contribution < -0.4 is 10.6 Å². The summed E-state index contributed by atoms with van der Waals surface area (Å²) >= 11 is 0. The number of nitrogens with one attached hydrogen (secondary N) is 2. The Labute approximate surface area is 153 Å². The van der Waals surface area contributed by atoms with Crippen molar-refractivity contribution in [2.45, 2.75) is 64.5 Å². The summed E-state index contributed by atoms with van der Waals surface area (Å²) in [5.74, 6) is 2.78. The standard InChI is InChI=1S/C17H34N4.HI/c1-5-18-17(20-15-10-6-13(2)7-11-15)19-12-16(21(3)4)14-8-9-14;/h13-16H,5-12H2,1-4H3,(H2,18,19,20);1H. The fourth-order valence-electron chi connectivity index (χ4n) is 3.32. The quantitative estimate of drug-likeness (QED) is 0.393. The highest BCUT2D eigenvalue weighted by Gasteiger charge is 2.32. The molecule has 0 aromatic carbocycles. The van der Waals surface area contributed by atoms with Gasteiger partial charge in [0.15, 0.2) is 5.96 Å². The van der Waals surface area contributed by atoms with Gasteiger partial charge >= 0.3 is 0 Å². The van der Waals surface area contributed by atoms with Crippen LogP contribution in [0.5, 0.6) is 0 Å². The fourth-order valence-corrected chi connectivity index (χ4v) is 3.32. The van der Waals surface area contributed by atoms with Crippen LogP contribution in [0.25, 0.3) is 0 Å². The van der Waals surface area contributed by atoms with E-state index in [4.69, 9.17) is 4.99 Å². The van der Waals surface area contributed by atoms with Crippen LogP contribution in [0.15, 0.2) is 4.99 Å². The molecule has 2 fully saturated rings. The zero-order chi connectivity index (χ0) is 15.2. The van der Waals surface area contributed by atoms with Crippen LogP contribution in [0.1, 0.15) is 52.4 Å². The molecule has 130 valence electrons. The minimum Gasteiger partial charge on any atom is -0.357 e. The molecule has 2 rings (SSSR count). The maximum absolute atomic E-state index is 4.86. The molecule has 0 aromatic heterocycles. The first-order chi connectivity index (χ1) is 10.1. The molecular formula is C17H35IN4. The highest BCUT2D eigenvalue weighted by molar-refractivity contribution is 14.0. The molecule has 2 aliphatic carbocycles. The minimum absolute atomic E-state index is 0. The van der Waals surface area contributed by atoms with E-state index in [1.54, 1.807) is 0 Å². The lowest BCUT2D eigenvalue weighted by molar-refractivity contribution is 0.271. The van der Waals surface area contributed by atoms with Gasteiger partial charge in [0.25, 0.3) is 0 Å². The Morgan fingerprint density at radius 3 is 2.27 bits per heavy atom. The maximum Gasteiger partial charge on any atom is 0.191 e. The van der Waals surface area contributed by atoms with E-state index >= 15 is 0 Å². The predicted octanol–water partition coefficient (Wildman–Crippen LogP) is 3.08. The smallest absolute Gasteiger partial charge is 0.191 e. The van der Waals surface area contributed by atoms with E-state index in [9.17, 15) is 0 Å². The average molecular weight is 422 g/mol. The number of hydrogen-bond donors (Lipinski definition) is 2. The van der Waals surface area contributed by atoms with Crippen LogP contribution in [0.2, 0.25) is 0 Å². The first-order valence-corrected chi connectivity index (χ1v) is 8.81. The number of nitrogens with zero attached hydrogens (tertiary/aromatic N) is 2. The van der Waals surface area contributed by atoms with Gasteiger partial charge < -0.3 is 15.5 Å². The van der Waals surface area contributed by atoms with E-state index in [2.05, 4.69) is 43.5 Å². The second-order valence-corrected chi connectivity index (χ2v) is 7.19. The summed E-state index contributed by atoms with van der Waals surface area (Å²) in [6.07, 6.45) is 8.02. The molecule has 5 heteroatoms. The van der Waals surface area contributed by atoms with Crippen LogP contribution in [0.3, 0.4) is 0 Å². The molecule has 0 bridgehead atoms. The van der Waals surface area contributed by atoms with Crippen LogP contribution in [0.4, 0.5) is 0 Å². The van der Waals surface area contributed by atoms with Gasteiger partial charge in [-0.3, -0.25) is 4.99 Å². The number of hydrogen-bond acceptors (Lipinski definition) is 2. The molecule has 2 saturated carbocycles. The van der Waals surface area contributed by atoms with Gasteiger partial charge in [-0.15, -0.1) is 24.0 Å². The highest BCUT2D eigenvalue weighted by Crippen LogP contribution is 2.34. The van der Waals surface area contributed by atoms with Crippen molar-refractivity contribution in [3.8, 4) is 0 Å². The van der Waals surface area contributed by atoms with Crippen molar-refractivity contribution in [3.63, 3.8) is 0 Å². The Balaban J connectivity index is 0.00000242. The van der Waals surface area contributed by atoms with Crippen LogP contribution in [-0.4, -0.2) is 50.1 Å². The molecule has 2 aliphatic rings. The van der Waals surface area contributed by atoms with Crippen molar-refractivity contribution < 1.29 is 0 Å². The molecule has 4 nitrogen and oxygen atoms in total. The minimum atomic E-state index is 0. The van der Waals surface area contributed by atoms with E-state index < -0.39 is 0 Å². The van der Waals surface area contributed by atoms with Gasteiger partial charge in [-0.25, -0.2) is 0 Å². The molecular weight excluding hydrogens is 387 g/mol. The fraction of sp³-hybridized carbons (Fsp3) is 0.941. The number of halogens is 1. The third-order valence-electron chi connectivity index (χ3n) is 4.97. The molecule has 22 heavy (non-hydrogen) atoms. The molecule has 0 aliphatic heterocycles. The summed E-state index contributed by atoms with van der Waals surface area (Å²) in [7, 11) is 4.36. The highest BCUT2D eigenvalue weighted by atomic mass is 127. The summed E-state index contributed by atoms with van der Waals surface area (Å²) in [4.78, 5) is 7.20. The van der Waals surface area contributed by atoms with E-state index in [1.165, 1.54) is 38.5 Å². The van der Waals surface area contributed by atoms with Crippen molar-refractivity contribution in [1.82, 2.24) is 15.5 Å². The first-order valence-electron chi connectivity index (χ1n) is 8.81. The van der Waals surface area contributed by atoms with Gasteiger partial charge in [0.05, 0.1) is 6.54 Å². The van der Waals surface area contributed by atoms with Gasteiger partial charge in [-0.1, -0.05) is 6.92 Å². The number of aliphatic imine (C=N–C) groups is 1. The van der Waals surface area contributed by atoms with Crippen molar-refractivity contribution in [2.75, 3.05) is 27.2 Å². The zero-order valence-corrected chi connectivity index (χ0v) is 17.1. The van der Waals surface area contributed by atoms with E-state index in [-0.39, 0.29) is 24.0 Å². The van der Waals surface area contributed by atoms with Gasteiger partial charge in [0, 0.05) is 18.6 Å². The Morgan fingerprint density at radius 1 is 1.14 bits per heavy atom. The molecule has 2 N–H and O–H groups in total. The maximum atomic E-state index is 4.86. The Hall–Kier alpha value is -0.0400. The molecule has 0 amide bonds. The van der Waals surface area contributed by atoms with Crippen molar-refractivity contribution >= 4 is 29.9 Å². The Kier molecular flexibility index (Phi) is 9.05. The van der Waals surface area contributed by atoms with Crippen molar-refractivity contribution in [1.29, 1.82) is 0 Å². The van der Waals surface area contributed by atoms with Gasteiger partial charge in [0.2, 0.25) is 0 Å². The number of rotatable bonds is 6. The Bertz CT molecular complexity index is 332. The molecule has 1 unspecified atom stereocenters. The molecule has 0 heterocycles. The summed E-state index contributed by atoms with van der Waals surface area (Å²) in [6.45, 7) is 6.36. The molecule has 0 saturated heterocycles. The lowest BCUT2D eigenvalue weighted by Crippen LogP contribution is -2.45. The summed E-state index contributed by atoms with van der Waals surface area (Å²) in [5.41, 5.74) is 0. The van der Waals surface area contributed by atoms with Crippen LogP contribution >= 0.6 is 24.0 Å². The number of likely N-dealkylation sites (N-methyl/N-ethyl adjacent to an activating group) is 1. The van der Waals surface area contributed by atoms with E-state index in [0.717, 1.165) is 30.9 Å². The summed E-state index contributed by atoms with van der Waals surface area (Å²) in [6, 6.07) is 1.21. The summed E-state index contributed by atoms with van der Waals surface area (Å²) in [5, 5.41) is 7.07. The second-order valence-electron chi connectivity index (χ2n) is 7.19. The predicted molar refractivity (Wildman–Crippen MR) is 106 cm³/mol. The topological polar surface area (TPSA) is 39.7 Å². The van der Waals surface area contributed by atoms with Crippen molar-refractivity contribution in [3.05, 3.63) is 0 Å². The van der Waals surface area contributed by atoms with E-state index in [0.29, 0.717) is 12.1 Å². The monoisotopic (exact) mass is 422 g/mol. The number of guanidine groups is 1. The Morgan fingerprint density at radius 2 is 1.77 bits per heavy atom. The van der Waals surface area contributed by atoms with Gasteiger partial charge in [-0.05, 0) is 71.4 Å². The lowest BCUT2D eigenvalue weighted by Gasteiger charge is -2.29. The normalized spacial score (nSPS) is 27.2. The van der Waals surface area contributed by atoms with Crippen LogP contribution in [-0.2, 0) is 0 Å². The molecule has 0 radical (unpaired) electrons.